The number of hydrogen-bond acceptors (Lipinski definition) is 9. The van der Waals surface area contributed by atoms with Crippen molar-refractivity contribution in [1.29, 1.82) is 0 Å². The smallest absolute Gasteiger partial charge is 0.269 e. The highest BCUT2D eigenvalue weighted by Crippen LogP contribution is 2.26. The fraction of sp³-hybridized carbons (Fsp3) is 0.105. The Morgan fingerprint density at radius 2 is 1.87 bits per heavy atom. The number of amides is 1. The number of anilines is 1. The molecule has 1 amide bonds. The Morgan fingerprint density at radius 1 is 1.16 bits per heavy atom. The van der Waals surface area contributed by atoms with E-state index in [1.807, 2.05) is 29.6 Å². The Bertz CT molecular complexity index is 1220. The summed E-state index contributed by atoms with van der Waals surface area (Å²) in [5.74, 6) is 0.656. The van der Waals surface area contributed by atoms with Gasteiger partial charge in [0.25, 0.3) is 5.69 Å². The maximum absolute atomic E-state index is 12.3. The zero-order chi connectivity index (χ0) is 21.8. The number of nitrogens with one attached hydrogen (secondary N) is 1. The van der Waals surface area contributed by atoms with Crippen LogP contribution in [0.3, 0.4) is 0 Å². The van der Waals surface area contributed by atoms with Gasteiger partial charge in [0.1, 0.15) is 12.3 Å². The minimum absolute atomic E-state index is 0.0343. The van der Waals surface area contributed by atoms with E-state index in [9.17, 15) is 14.9 Å². The number of nitrogens with zero attached hydrogens (tertiary/aromatic N) is 6. The lowest BCUT2D eigenvalue weighted by Gasteiger charge is -2.01. The molecule has 0 aliphatic heterocycles. The highest BCUT2D eigenvalue weighted by molar-refractivity contribution is 7.14. The summed E-state index contributed by atoms with van der Waals surface area (Å²) in [5, 5.41) is 27.6. The fourth-order valence-electron chi connectivity index (χ4n) is 2.67. The predicted molar refractivity (Wildman–Crippen MR) is 113 cm³/mol. The Hall–Kier alpha value is -4.19. The molecule has 0 spiro atoms. The molecule has 0 fully saturated rings. The van der Waals surface area contributed by atoms with Gasteiger partial charge in [-0.1, -0.05) is 0 Å². The molecule has 2 aromatic heterocycles. The molecule has 0 atom stereocenters. The van der Waals surface area contributed by atoms with Gasteiger partial charge in [0.05, 0.1) is 17.7 Å². The molecule has 0 aliphatic carbocycles. The van der Waals surface area contributed by atoms with Gasteiger partial charge >= 0.3 is 0 Å². The van der Waals surface area contributed by atoms with Crippen LogP contribution in [0, 0.1) is 10.1 Å². The number of carbonyl (C=O) groups is 1. The molecule has 156 valence electrons. The molecular weight excluding hydrogens is 422 g/mol. The first-order valence-electron chi connectivity index (χ1n) is 8.94. The van der Waals surface area contributed by atoms with E-state index >= 15 is 0 Å². The molecule has 0 bridgehead atoms. The van der Waals surface area contributed by atoms with Gasteiger partial charge in [-0.15, -0.1) is 21.5 Å². The molecule has 0 unspecified atom stereocenters. The van der Waals surface area contributed by atoms with Crippen molar-refractivity contribution in [3.8, 4) is 28.4 Å². The number of aromatic nitrogens is 5. The van der Waals surface area contributed by atoms with E-state index in [2.05, 4.69) is 25.7 Å². The number of rotatable bonds is 7. The summed E-state index contributed by atoms with van der Waals surface area (Å²) in [5.41, 5.74) is 2.17. The summed E-state index contributed by atoms with van der Waals surface area (Å²) in [4.78, 5) is 28.1. The number of methoxy groups -OCH3 is 1. The first-order valence-corrected chi connectivity index (χ1v) is 9.82. The van der Waals surface area contributed by atoms with Crippen LogP contribution in [0.4, 0.5) is 10.8 Å². The molecule has 4 rings (SSSR count). The number of nitro benzene ring substituents is 1. The molecule has 4 aromatic rings. The predicted octanol–water partition coefficient (Wildman–Crippen LogP) is 3.02. The van der Waals surface area contributed by atoms with Crippen LogP contribution in [0.1, 0.15) is 0 Å². The topological polar surface area (TPSA) is 138 Å². The molecule has 2 aromatic carbocycles. The second-order valence-corrected chi connectivity index (χ2v) is 7.12. The van der Waals surface area contributed by atoms with Crippen molar-refractivity contribution < 1.29 is 14.5 Å². The quantitative estimate of drug-likeness (QED) is 0.344. The Labute approximate surface area is 179 Å². The summed E-state index contributed by atoms with van der Waals surface area (Å²) < 4.78 is 5.14. The van der Waals surface area contributed by atoms with E-state index in [1.165, 1.54) is 35.6 Å². The summed E-state index contributed by atoms with van der Waals surface area (Å²) >= 11 is 1.30. The average molecular weight is 437 g/mol. The van der Waals surface area contributed by atoms with Crippen LogP contribution in [0.2, 0.25) is 0 Å². The third-order valence-corrected chi connectivity index (χ3v) is 4.97. The largest absolute Gasteiger partial charge is 0.497 e. The highest BCUT2D eigenvalue weighted by atomic mass is 32.1. The summed E-state index contributed by atoms with van der Waals surface area (Å²) in [6.45, 7) is -0.155. The Balaban J connectivity index is 1.38. The van der Waals surface area contributed by atoms with Crippen LogP contribution in [-0.2, 0) is 11.3 Å². The summed E-state index contributed by atoms with van der Waals surface area (Å²) in [7, 11) is 1.60. The highest BCUT2D eigenvalue weighted by Gasteiger charge is 2.13. The van der Waals surface area contributed by atoms with Gasteiger partial charge in [0, 0.05) is 28.6 Å². The minimum atomic E-state index is -0.489. The van der Waals surface area contributed by atoms with Crippen LogP contribution >= 0.6 is 11.3 Å². The van der Waals surface area contributed by atoms with Crippen molar-refractivity contribution in [3.05, 3.63) is 64.0 Å². The lowest BCUT2D eigenvalue weighted by atomic mass is 10.2. The molecule has 1 N–H and O–H groups in total. The molecule has 0 aliphatic rings. The maximum Gasteiger partial charge on any atom is 0.269 e. The lowest BCUT2D eigenvalue weighted by molar-refractivity contribution is -0.384. The van der Waals surface area contributed by atoms with E-state index in [0.717, 1.165) is 21.8 Å². The van der Waals surface area contributed by atoms with Crippen molar-refractivity contribution in [1.82, 2.24) is 25.2 Å². The standard InChI is InChI=1S/C19H15N7O4S/c1-30-15-8-4-12(5-9-15)16-11-31-19(20-16)21-17(27)10-25-23-18(22-24-25)13-2-6-14(7-3-13)26(28)29/h2-9,11H,10H2,1H3,(H,20,21,27). The van der Waals surface area contributed by atoms with Crippen molar-refractivity contribution in [2.45, 2.75) is 6.54 Å². The van der Waals surface area contributed by atoms with E-state index in [1.54, 1.807) is 7.11 Å². The minimum Gasteiger partial charge on any atom is -0.497 e. The lowest BCUT2D eigenvalue weighted by Crippen LogP contribution is -2.20. The number of thiazole rings is 1. The number of benzene rings is 2. The van der Waals surface area contributed by atoms with Crippen molar-refractivity contribution in [2.75, 3.05) is 12.4 Å². The van der Waals surface area contributed by atoms with Gasteiger partial charge in [0.15, 0.2) is 5.13 Å². The van der Waals surface area contributed by atoms with E-state index in [0.29, 0.717) is 10.7 Å². The summed E-state index contributed by atoms with van der Waals surface area (Å²) in [6, 6.07) is 13.2. The molecule has 0 radical (unpaired) electrons. The number of nitro groups is 1. The van der Waals surface area contributed by atoms with Gasteiger partial charge < -0.3 is 10.1 Å². The molecule has 0 saturated carbocycles. The van der Waals surface area contributed by atoms with Crippen LogP contribution in [0.25, 0.3) is 22.6 Å². The van der Waals surface area contributed by atoms with Gasteiger partial charge in [-0.2, -0.15) is 4.80 Å². The molecule has 31 heavy (non-hydrogen) atoms. The zero-order valence-corrected chi connectivity index (χ0v) is 16.9. The first-order chi connectivity index (χ1) is 15.0. The third-order valence-electron chi connectivity index (χ3n) is 4.21. The maximum atomic E-state index is 12.3. The monoisotopic (exact) mass is 437 g/mol. The van der Waals surface area contributed by atoms with Gasteiger partial charge in [0.2, 0.25) is 11.7 Å². The van der Waals surface area contributed by atoms with Crippen LogP contribution in [0.15, 0.2) is 53.9 Å². The van der Waals surface area contributed by atoms with Crippen molar-refractivity contribution in [3.63, 3.8) is 0 Å². The van der Waals surface area contributed by atoms with Crippen LogP contribution in [-0.4, -0.2) is 43.1 Å². The summed E-state index contributed by atoms with van der Waals surface area (Å²) in [6.07, 6.45) is 0. The third kappa shape index (κ3) is 4.70. The van der Waals surface area contributed by atoms with Crippen molar-refractivity contribution >= 4 is 28.1 Å². The SMILES string of the molecule is COc1ccc(-c2csc(NC(=O)Cn3nnc(-c4ccc([N+](=O)[O-])cc4)n3)n2)cc1. The zero-order valence-electron chi connectivity index (χ0n) is 16.1. The van der Waals surface area contributed by atoms with E-state index in [-0.39, 0.29) is 24.0 Å². The molecule has 2 heterocycles. The number of ether oxygens (including phenoxy) is 1. The van der Waals surface area contributed by atoms with Gasteiger partial charge in [-0.25, -0.2) is 4.98 Å². The van der Waals surface area contributed by atoms with Gasteiger partial charge in [-0.3, -0.25) is 14.9 Å². The average Bonchev–Trinajstić information content (AvgIpc) is 3.43. The van der Waals surface area contributed by atoms with E-state index in [4.69, 9.17) is 4.74 Å². The second-order valence-electron chi connectivity index (χ2n) is 6.26. The first kappa shape index (κ1) is 20.1. The molecule has 11 nitrogen and oxygen atoms in total. The normalized spacial score (nSPS) is 10.6. The molecular formula is C19H15N7O4S. The molecule has 12 heteroatoms. The van der Waals surface area contributed by atoms with E-state index < -0.39 is 4.92 Å². The Morgan fingerprint density at radius 3 is 2.55 bits per heavy atom. The van der Waals surface area contributed by atoms with Crippen LogP contribution < -0.4 is 10.1 Å². The number of tetrazole rings is 1. The fourth-order valence-corrected chi connectivity index (χ4v) is 3.41. The number of non-ortho nitro benzene ring substituents is 1. The van der Waals surface area contributed by atoms with Gasteiger partial charge in [-0.05, 0) is 41.6 Å². The van der Waals surface area contributed by atoms with Crippen LogP contribution in [0.5, 0.6) is 5.75 Å². The number of carbonyl (C=O) groups excluding carboxylic acids is 1. The number of hydrogen-bond donors (Lipinski definition) is 1. The second kappa shape index (κ2) is 8.67. The molecule has 0 saturated heterocycles. The Kier molecular flexibility index (Phi) is 5.62. The van der Waals surface area contributed by atoms with Crippen molar-refractivity contribution in [2.24, 2.45) is 0 Å².